The Morgan fingerprint density at radius 1 is 1.18 bits per heavy atom. The molecule has 1 fully saturated rings. The molecule has 0 amide bonds. The molecule has 128 valence electrons. The van der Waals surface area contributed by atoms with E-state index in [2.05, 4.69) is 4.72 Å². The quantitative estimate of drug-likeness (QED) is 0.644. The molecule has 10 heteroatoms. The number of carbonyl (C=O) groups excluding carboxylic acids is 2. The highest BCUT2D eigenvalue weighted by molar-refractivity contribution is 7.88. The molecule has 1 aliphatic rings. The van der Waals surface area contributed by atoms with Crippen molar-refractivity contribution in [3.8, 4) is 0 Å². The van der Waals surface area contributed by atoms with Gasteiger partial charge >= 0.3 is 0 Å². The van der Waals surface area contributed by atoms with Crippen LogP contribution in [0.2, 0.25) is 0 Å². The molecular formula is C12H22N2O6S2. The molecule has 1 heterocycles. The van der Waals surface area contributed by atoms with E-state index in [0.29, 0.717) is 12.8 Å². The van der Waals surface area contributed by atoms with Gasteiger partial charge in [0.25, 0.3) is 0 Å². The zero-order valence-electron chi connectivity index (χ0n) is 13.1. The van der Waals surface area contributed by atoms with Crippen LogP contribution in [-0.4, -0.2) is 63.3 Å². The molecule has 3 atom stereocenters. The summed E-state index contributed by atoms with van der Waals surface area (Å²) in [6.07, 6.45) is 2.59. The third kappa shape index (κ3) is 5.11. The summed E-state index contributed by atoms with van der Waals surface area (Å²) < 4.78 is 49.3. The predicted molar refractivity (Wildman–Crippen MR) is 81.2 cm³/mol. The molecule has 1 saturated heterocycles. The van der Waals surface area contributed by atoms with E-state index < -0.39 is 44.0 Å². The van der Waals surface area contributed by atoms with E-state index in [1.165, 1.54) is 13.8 Å². The zero-order valence-corrected chi connectivity index (χ0v) is 14.7. The van der Waals surface area contributed by atoms with E-state index in [9.17, 15) is 26.4 Å². The van der Waals surface area contributed by atoms with E-state index >= 15 is 0 Å². The topological polar surface area (TPSA) is 118 Å². The number of hydrogen-bond donors (Lipinski definition) is 1. The lowest BCUT2D eigenvalue weighted by Gasteiger charge is -2.26. The van der Waals surface area contributed by atoms with Crippen LogP contribution in [0.1, 0.15) is 33.1 Å². The highest BCUT2D eigenvalue weighted by atomic mass is 32.2. The van der Waals surface area contributed by atoms with Crippen molar-refractivity contribution in [1.82, 2.24) is 9.03 Å². The molecule has 0 aromatic heterocycles. The number of nitrogens with zero attached hydrogens (tertiary/aromatic N) is 1. The van der Waals surface area contributed by atoms with Gasteiger partial charge in [-0.15, -0.1) is 0 Å². The van der Waals surface area contributed by atoms with Crippen LogP contribution in [0.15, 0.2) is 0 Å². The Labute approximate surface area is 131 Å². The molecule has 22 heavy (non-hydrogen) atoms. The van der Waals surface area contributed by atoms with Crippen molar-refractivity contribution in [2.24, 2.45) is 0 Å². The number of nitrogens with one attached hydrogen (secondary N) is 1. The smallest absolute Gasteiger partial charge is 0.212 e. The van der Waals surface area contributed by atoms with Crippen LogP contribution in [0.25, 0.3) is 0 Å². The molecule has 0 aromatic rings. The fraction of sp³-hybridized carbons (Fsp3) is 0.833. The van der Waals surface area contributed by atoms with Gasteiger partial charge in [-0.2, -0.15) is 4.31 Å². The fourth-order valence-corrected chi connectivity index (χ4v) is 4.94. The van der Waals surface area contributed by atoms with Gasteiger partial charge in [-0.25, -0.2) is 21.6 Å². The van der Waals surface area contributed by atoms with Crippen molar-refractivity contribution >= 4 is 31.6 Å². The monoisotopic (exact) mass is 354 g/mol. The van der Waals surface area contributed by atoms with Crippen LogP contribution in [0, 0.1) is 0 Å². The number of rotatable bonds is 7. The normalized spacial score (nSPS) is 25.1. The molecule has 0 spiro atoms. The summed E-state index contributed by atoms with van der Waals surface area (Å²) in [7, 11) is -7.16. The van der Waals surface area contributed by atoms with E-state index in [1.54, 1.807) is 0 Å². The lowest BCUT2D eigenvalue weighted by atomic mass is 10.0. The average molecular weight is 354 g/mol. The second-order valence-corrected chi connectivity index (χ2v) is 9.40. The number of hydrogen-bond acceptors (Lipinski definition) is 6. The van der Waals surface area contributed by atoms with Crippen LogP contribution in [0.3, 0.4) is 0 Å². The summed E-state index contributed by atoms with van der Waals surface area (Å²) in [4.78, 5) is 23.7. The van der Waals surface area contributed by atoms with E-state index in [-0.39, 0.29) is 12.2 Å². The maximum absolute atomic E-state index is 12.1. The molecule has 0 radical (unpaired) electrons. The molecule has 0 saturated carbocycles. The van der Waals surface area contributed by atoms with Crippen molar-refractivity contribution in [2.45, 2.75) is 51.2 Å². The Hall–Kier alpha value is -0.840. The van der Waals surface area contributed by atoms with E-state index in [0.717, 1.165) is 16.8 Å². The maximum atomic E-state index is 12.1. The third-order valence-corrected chi connectivity index (χ3v) is 5.70. The van der Waals surface area contributed by atoms with Gasteiger partial charge in [-0.1, -0.05) is 0 Å². The molecule has 8 nitrogen and oxygen atoms in total. The fourth-order valence-electron chi connectivity index (χ4n) is 2.73. The van der Waals surface area contributed by atoms with Gasteiger partial charge in [-0.05, 0) is 26.7 Å². The lowest BCUT2D eigenvalue weighted by molar-refractivity contribution is -0.122. The SMILES string of the molecule is CC(=O)[C@@H]1CCC(CC(=O)[C@H](C)NS(C)(=O)=O)N1S(C)(=O)=O. The predicted octanol–water partition coefficient (Wildman–Crippen LogP) is -0.735. The molecule has 0 bridgehead atoms. The summed E-state index contributed by atoms with van der Waals surface area (Å²) in [5, 5.41) is 0. The molecule has 1 N–H and O–H groups in total. The molecule has 1 rings (SSSR count). The van der Waals surface area contributed by atoms with Crippen LogP contribution in [-0.2, 0) is 29.6 Å². The van der Waals surface area contributed by atoms with E-state index in [4.69, 9.17) is 0 Å². The first-order valence-electron chi connectivity index (χ1n) is 6.82. The highest BCUT2D eigenvalue weighted by Gasteiger charge is 2.42. The standard InChI is InChI=1S/C12H22N2O6S2/c1-8(13-21(3,17)18)12(16)7-10-5-6-11(9(2)15)14(10)22(4,19)20/h8,10-11,13H,5-7H2,1-4H3/t8-,10?,11-/m0/s1. The largest absolute Gasteiger partial charge is 0.298 e. The van der Waals surface area contributed by atoms with Gasteiger partial charge in [0, 0.05) is 12.5 Å². The summed E-state index contributed by atoms with van der Waals surface area (Å²) in [5.74, 6) is -0.670. The summed E-state index contributed by atoms with van der Waals surface area (Å²) in [6, 6.07) is -2.29. The van der Waals surface area contributed by atoms with Gasteiger partial charge < -0.3 is 0 Å². The van der Waals surface area contributed by atoms with Crippen LogP contribution in [0.4, 0.5) is 0 Å². The van der Waals surface area contributed by atoms with Crippen LogP contribution < -0.4 is 4.72 Å². The molecular weight excluding hydrogens is 332 g/mol. The Balaban J connectivity index is 2.88. The minimum Gasteiger partial charge on any atom is -0.298 e. The third-order valence-electron chi connectivity index (χ3n) is 3.60. The number of Topliss-reactive ketones (excluding diaryl/α,β-unsaturated/α-hetero) is 2. The number of ketones is 2. The number of sulfonamides is 2. The zero-order chi connectivity index (χ0) is 17.3. The van der Waals surface area contributed by atoms with Gasteiger partial charge in [-0.3, -0.25) is 9.59 Å². The molecule has 1 unspecified atom stereocenters. The Morgan fingerprint density at radius 3 is 2.14 bits per heavy atom. The van der Waals surface area contributed by atoms with Crippen LogP contribution in [0.5, 0.6) is 0 Å². The summed E-state index contributed by atoms with van der Waals surface area (Å²) in [5.41, 5.74) is 0. The number of carbonyl (C=O) groups is 2. The second kappa shape index (κ2) is 6.73. The van der Waals surface area contributed by atoms with Gasteiger partial charge in [0.15, 0.2) is 5.78 Å². The van der Waals surface area contributed by atoms with E-state index in [1.807, 2.05) is 0 Å². The van der Waals surface area contributed by atoms with Gasteiger partial charge in [0.05, 0.1) is 24.6 Å². The minimum atomic E-state index is -3.63. The molecule has 0 aromatic carbocycles. The van der Waals surface area contributed by atoms with Crippen molar-refractivity contribution < 1.29 is 26.4 Å². The lowest BCUT2D eigenvalue weighted by Crippen LogP contribution is -2.46. The van der Waals surface area contributed by atoms with Crippen molar-refractivity contribution in [1.29, 1.82) is 0 Å². The maximum Gasteiger partial charge on any atom is 0.212 e. The summed E-state index contributed by atoms with van der Waals surface area (Å²) in [6.45, 7) is 2.73. The molecule has 0 aliphatic carbocycles. The highest BCUT2D eigenvalue weighted by Crippen LogP contribution is 2.30. The second-order valence-electron chi connectivity index (χ2n) is 5.73. The Kier molecular flexibility index (Phi) is 5.88. The van der Waals surface area contributed by atoms with Gasteiger partial charge in [0.1, 0.15) is 5.78 Å². The first-order chi connectivity index (χ1) is 9.83. The first-order valence-corrected chi connectivity index (χ1v) is 10.6. The van der Waals surface area contributed by atoms with Crippen molar-refractivity contribution in [2.75, 3.05) is 12.5 Å². The molecule has 1 aliphatic heterocycles. The minimum absolute atomic E-state index is 0.124. The summed E-state index contributed by atoms with van der Waals surface area (Å²) >= 11 is 0. The van der Waals surface area contributed by atoms with Crippen LogP contribution >= 0.6 is 0 Å². The van der Waals surface area contributed by atoms with Gasteiger partial charge in [0.2, 0.25) is 20.0 Å². The Bertz CT molecular complexity index is 655. The van der Waals surface area contributed by atoms with Crippen molar-refractivity contribution in [3.05, 3.63) is 0 Å². The Morgan fingerprint density at radius 2 is 1.73 bits per heavy atom. The average Bonchev–Trinajstić information content (AvgIpc) is 2.69. The first kappa shape index (κ1) is 19.2. The van der Waals surface area contributed by atoms with Crippen molar-refractivity contribution in [3.63, 3.8) is 0 Å².